The first kappa shape index (κ1) is 24.8. The molecule has 7 heteroatoms. The maximum absolute atomic E-state index is 13.7. The van der Waals surface area contributed by atoms with Crippen LogP contribution in [-0.2, 0) is 22.6 Å². The minimum absolute atomic E-state index is 0.0170. The Hall–Kier alpha value is -2.79. The molecule has 0 spiro atoms. The zero-order valence-corrected chi connectivity index (χ0v) is 19.5. The SMILES string of the molecule is CC(C)CN1CCOC(CNC(=O)CN(Cc2ccc(C#N)cc2)Cc2cccc(F)c2)C1. The average molecular weight is 453 g/mol. The van der Waals surface area contributed by atoms with E-state index in [4.69, 9.17) is 10.00 Å². The number of halogens is 1. The van der Waals surface area contributed by atoms with E-state index in [1.807, 2.05) is 23.1 Å². The Kier molecular flexibility index (Phi) is 9.37. The lowest BCUT2D eigenvalue weighted by Crippen LogP contribution is -2.49. The lowest BCUT2D eigenvalue weighted by atomic mass is 10.1. The maximum Gasteiger partial charge on any atom is 0.234 e. The topological polar surface area (TPSA) is 68.6 Å². The third kappa shape index (κ3) is 8.58. The number of benzene rings is 2. The van der Waals surface area contributed by atoms with Crippen LogP contribution < -0.4 is 5.32 Å². The molecule has 3 rings (SSSR count). The van der Waals surface area contributed by atoms with E-state index >= 15 is 0 Å². The van der Waals surface area contributed by atoms with Gasteiger partial charge in [-0.3, -0.25) is 14.6 Å². The van der Waals surface area contributed by atoms with Crippen molar-refractivity contribution in [1.29, 1.82) is 5.26 Å². The van der Waals surface area contributed by atoms with Crippen LogP contribution in [0.15, 0.2) is 48.5 Å². The minimum atomic E-state index is -0.296. The van der Waals surface area contributed by atoms with Crippen LogP contribution in [0.3, 0.4) is 0 Å². The highest BCUT2D eigenvalue weighted by Gasteiger charge is 2.22. The molecule has 2 aromatic rings. The van der Waals surface area contributed by atoms with E-state index in [0.717, 1.165) is 30.8 Å². The molecule has 1 saturated heterocycles. The summed E-state index contributed by atoms with van der Waals surface area (Å²) in [5.41, 5.74) is 2.38. The monoisotopic (exact) mass is 452 g/mol. The fourth-order valence-electron chi connectivity index (χ4n) is 4.08. The quantitative estimate of drug-likeness (QED) is 0.600. The number of ether oxygens (including phenoxy) is 1. The van der Waals surface area contributed by atoms with Gasteiger partial charge >= 0.3 is 0 Å². The molecule has 1 heterocycles. The van der Waals surface area contributed by atoms with E-state index in [0.29, 0.717) is 37.7 Å². The number of hydrogen-bond acceptors (Lipinski definition) is 5. The Labute approximate surface area is 195 Å². The number of carbonyl (C=O) groups is 1. The molecule has 1 atom stereocenters. The van der Waals surface area contributed by atoms with Crippen molar-refractivity contribution >= 4 is 5.91 Å². The van der Waals surface area contributed by atoms with Gasteiger partial charge in [0.1, 0.15) is 5.82 Å². The van der Waals surface area contributed by atoms with Crippen LogP contribution in [0.4, 0.5) is 4.39 Å². The molecule has 0 aromatic heterocycles. The Morgan fingerprint density at radius 1 is 1.24 bits per heavy atom. The fraction of sp³-hybridized carbons (Fsp3) is 0.462. The lowest BCUT2D eigenvalue weighted by Gasteiger charge is -2.34. The lowest BCUT2D eigenvalue weighted by molar-refractivity contribution is -0.123. The molecule has 33 heavy (non-hydrogen) atoms. The van der Waals surface area contributed by atoms with E-state index in [9.17, 15) is 9.18 Å². The standard InChI is InChI=1S/C26H33FN4O2/c1-20(2)15-30-10-11-33-25(18-30)14-29-26(32)19-31(17-23-4-3-5-24(27)12-23)16-22-8-6-21(13-28)7-9-22/h3-9,12,20,25H,10-11,14-19H2,1-2H3,(H,29,32). The summed E-state index contributed by atoms with van der Waals surface area (Å²) >= 11 is 0. The maximum atomic E-state index is 13.7. The zero-order valence-electron chi connectivity index (χ0n) is 19.5. The number of nitrogens with zero attached hydrogens (tertiary/aromatic N) is 3. The van der Waals surface area contributed by atoms with Crippen molar-refractivity contribution in [2.45, 2.75) is 33.0 Å². The number of carbonyl (C=O) groups excluding carboxylic acids is 1. The van der Waals surface area contributed by atoms with Gasteiger partial charge in [-0.25, -0.2) is 4.39 Å². The largest absolute Gasteiger partial charge is 0.374 e. The van der Waals surface area contributed by atoms with Crippen LogP contribution in [0.2, 0.25) is 0 Å². The number of nitriles is 1. The normalized spacial score (nSPS) is 16.7. The second kappa shape index (κ2) is 12.4. The van der Waals surface area contributed by atoms with Gasteiger partial charge in [-0.15, -0.1) is 0 Å². The minimum Gasteiger partial charge on any atom is -0.374 e. The molecule has 1 amide bonds. The number of rotatable bonds is 10. The second-order valence-electron chi connectivity index (χ2n) is 9.03. The average Bonchev–Trinajstić information content (AvgIpc) is 2.78. The summed E-state index contributed by atoms with van der Waals surface area (Å²) in [4.78, 5) is 17.1. The first-order valence-electron chi connectivity index (χ1n) is 11.5. The van der Waals surface area contributed by atoms with E-state index < -0.39 is 0 Å². The molecule has 1 N–H and O–H groups in total. The summed E-state index contributed by atoms with van der Waals surface area (Å²) < 4.78 is 19.5. The number of hydrogen-bond donors (Lipinski definition) is 1. The Bertz CT molecular complexity index is 942. The van der Waals surface area contributed by atoms with E-state index in [-0.39, 0.29) is 24.4 Å². The van der Waals surface area contributed by atoms with Crippen molar-refractivity contribution in [3.8, 4) is 6.07 Å². The van der Waals surface area contributed by atoms with Gasteiger partial charge in [0.15, 0.2) is 0 Å². The molecule has 1 aliphatic heterocycles. The molecule has 6 nitrogen and oxygen atoms in total. The van der Waals surface area contributed by atoms with Gasteiger partial charge in [0, 0.05) is 39.3 Å². The number of amides is 1. The zero-order chi connectivity index (χ0) is 23.6. The molecule has 2 aromatic carbocycles. The first-order valence-corrected chi connectivity index (χ1v) is 11.5. The van der Waals surface area contributed by atoms with Gasteiger partial charge < -0.3 is 10.1 Å². The highest BCUT2D eigenvalue weighted by Crippen LogP contribution is 2.13. The van der Waals surface area contributed by atoms with E-state index in [2.05, 4.69) is 30.1 Å². The van der Waals surface area contributed by atoms with Crippen molar-refractivity contribution in [3.05, 3.63) is 71.0 Å². The number of morpholine rings is 1. The molecular formula is C26H33FN4O2. The van der Waals surface area contributed by atoms with E-state index in [1.54, 1.807) is 18.2 Å². The molecule has 0 radical (unpaired) electrons. The molecule has 1 aliphatic rings. The Balaban J connectivity index is 1.58. The third-order valence-electron chi connectivity index (χ3n) is 5.52. The molecule has 0 bridgehead atoms. The van der Waals surface area contributed by atoms with Crippen LogP contribution in [0.5, 0.6) is 0 Å². The summed E-state index contributed by atoms with van der Waals surface area (Å²) in [6.45, 7) is 9.45. The van der Waals surface area contributed by atoms with Gasteiger partial charge in [-0.2, -0.15) is 5.26 Å². The summed E-state index contributed by atoms with van der Waals surface area (Å²) in [6, 6.07) is 15.8. The van der Waals surface area contributed by atoms with Crippen LogP contribution >= 0.6 is 0 Å². The van der Waals surface area contributed by atoms with Crippen LogP contribution in [0, 0.1) is 23.1 Å². The Morgan fingerprint density at radius 3 is 2.70 bits per heavy atom. The highest BCUT2D eigenvalue weighted by molar-refractivity contribution is 5.78. The Morgan fingerprint density at radius 2 is 2.00 bits per heavy atom. The van der Waals surface area contributed by atoms with Gasteiger partial charge in [0.05, 0.1) is 30.9 Å². The molecular weight excluding hydrogens is 419 g/mol. The second-order valence-corrected chi connectivity index (χ2v) is 9.03. The first-order chi connectivity index (χ1) is 15.9. The van der Waals surface area contributed by atoms with Crippen molar-refractivity contribution in [1.82, 2.24) is 15.1 Å². The van der Waals surface area contributed by atoms with Crippen LogP contribution in [0.25, 0.3) is 0 Å². The van der Waals surface area contributed by atoms with Crippen LogP contribution in [0.1, 0.15) is 30.5 Å². The van der Waals surface area contributed by atoms with Crippen molar-refractivity contribution in [3.63, 3.8) is 0 Å². The van der Waals surface area contributed by atoms with Crippen molar-refractivity contribution in [2.24, 2.45) is 5.92 Å². The van der Waals surface area contributed by atoms with Gasteiger partial charge in [-0.05, 0) is 41.3 Å². The molecule has 1 fully saturated rings. The summed E-state index contributed by atoms with van der Waals surface area (Å²) in [5, 5.41) is 12.0. The molecule has 176 valence electrons. The van der Waals surface area contributed by atoms with Crippen LogP contribution in [-0.4, -0.2) is 61.1 Å². The smallest absolute Gasteiger partial charge is 0.234 e. The molecule has 0 aliphatic carbocycles. The molecule has 0 saturated carbocycles. The van der Waals surface area contributed by atoms with Crippen molar-refractivity contribution < 1.29 is 13.9 Å². The summed E-state index contributed by atoms with van der Waals surface area (Å²) in [6.07, 6.45) is -0.0170. The van der Waals surface area contributed by atoms with Gasteiger partial charge in [0.25, 0.3) is 0 Å². The fourth-order valence-corrected chi connectivity index (χ4v) is 4.08. The summed E-state index contributed by atoms with van der Waals surface area (Å²) in [5.74, 6) is 0.206. The third-order valence-corrected chi connectivity index (χ3v) is 5.52. The predicted molar refractivity (Wildman–Crippen MR) is 126 cm³/mol. The van der Waals surface area contributed by atoms with Gasteiger partial charge in [0.2, 0.25) is 5.91 Å². The highest BCUT2D eigenvalue weighted by atomic mass is 19.1. The van der Waals surface area contributed by atoms with E-state index in [1.165, 1.54) is 12.1 Å². The van der Waals surface area contributed by atoms with Gasteiger partial charge in [-0.1, -0.05) is 38.1 Å². The van der Waals surface area contributed by atoms with Crippen molar-refractivity contribution in [2.75, 3.05) is 39.3 Å². The predicted octanol–water partition coefficient (Wildman–Crippen LogP) is 3.17. The number of nitrogens with one attached hydrogen (secondary N) is 1. The molecule has 1 unspecified atom stereocenters. The summed E-state index contributed by atoms with van der Waals surface area (Å²) in [7, 11) is 0.